The van der Waals surface area contributed by atoms with Crippen LogP contribution in [0.2, 0.25) is 5.02 Å². The van der Waals surface area contributed by atoms with Gasteiger partial charge in [0, 0.05) is 6.07 Å². The number of halogens is 1. The summed E-state index contributed by atoms with van der Waals surface area (Å²) >= 11 is 5.80. The maximum atomic E-state index is 10.5. The first-order chi connectivity index (χ1) is 7.15. The number of nitro groups is 1. The summed E-state index contributed by atoms with van der Waals surface area (Å²) in [6.45, 7) is 0.907. The quantitative estimate of drug-likeness (QED) is 0.477. The van der Waals surface area contributed by atoms with Gasteiger partial charge in [-0.1, -0.05) is 11.6 Å². The van der Waals surface area contributed by atoms with Crippen molar-refractivity contribution >= 4 is 17.3 Å². The van der Waals surface area contributed by atoms with Crippen LogP contribution in [-0.4, -0.2) is 18.1 Å². The minimum absolute atomic E-state index is 0.0397. The lowest BCUT2D eigenvalue weighted by molar-refractivity contribution is -0.384. The molecule has 0 aromatic heterocycles. The van der Waals surface area contributed by atoms with E-state index in [2.05, 4.69) is 0 Å². The van der Waals surface area contributed by atoms with Crippen LogP contribution in [0, 0.1) is 10.1 Å². The minimum atomic E-state index is -0.494. The van der Waals surface area contributed by atoms with Crippen LogP contribution in [0.1, 0.15) is 6.42 Å². The zero-order chi connectivity index (χ0) is 11.3. The number of rotatable bonds is 5. The molecule has 1 aromatic rings. The van der Waals surface area contributed by atoms with E-state index < -0.39 is 4.92 Å². The lowest BCUT2D eigenvalue weighted by Crippen LogP contribution is -2.06. The van der Waals surface area contributed by atoms with Gasteiger partial charge in [-0.3, -0.25) is 10.1 Å². The Labute approximate surface area is 91.9 Å². The summed E-state index contributed by atoms with van der Waals surface area (Å²) in [6, 6.07) is 4.08. The van der Waals surface area contributed by atoms with Crippen LogP contribution in [-0.2, 0) is 0 Å². The van der Waals surface area contributed by atoms with Crippen LogP contribution >= 0.6 is 11.6 Å². The summed E-state index contributed by atoms with van der Waals surface area (Å²) in [7, 11) is 0. The Morgan fingerprint density at radius 3 is 2.87 bits per heavy atom. The molecule has 0 radical (unpaired) electrons. The average Bonchev–Trinajstić information content (AvgIpc) is 2.20. The maximum absolute atomic E-state index is 10.5. The molecule has 0 unspecified atom stereocenters. The van der Waals surface area contributed by atoms with Crippen LogP contribution in [0.4, 0.5) is 5.69 Å². The van der Waals surface area contributed by atoms with Gasteiger partial charge < -0.3 is 10.5 Å². The molecule has 0 amide bonds. The van der Waals surface area contributed by atoms with E-state index >= 15 is 0 Å². The first-order valence-corrected chi connectivity index (χ1v) is 4.79. The molecule has 6 heteroatoms. The third-order valence-electron chi connectivity index (χ3n) is 1.73. The molecule has 0 spiro atoms. The van der Waals surface area contributed by atoms with Gasteiger partial charge in [0.05, 0.1) is 22.6 Å². The number of hydrogen-bond acceptors (Lipinski definition) is 4. The molecule has 0 fully saturated rings. The lowest BCUT2D eigenvalue weighted by atomic mass is 10.3. The first-order valence-electron chi connectivity index (χ1n) is 4.42. The molecule has 0 aliphatic heterocycles. The number of nitro benzene ring substituents is 1. The second-order valence-corrected chi connectivity index (χ2v) is 3.27. The van der Waals surface area contributed by atoms with Crippen molar-refractivity contribution in [1.29, 1.82) is 0 Å². The number of hydrogen-bond donors (Lipinski definition) is 1. The molecule has 1 rings (SSSR count). The predicted molar refractivity (Wildman–Crippen MR) is 57.3 cm³/mol. The summed E-state index contributed by atoms with van der Waals surface area (Å²) in [5.74, 6) is 0.319. The van der Waals surface area contributed by atoms with E-state index in [0.717, 1.165) is 0 Å². The van der Waals surface area contributed by atoms with Crippen molar-refractivity contribution in [3.05, 3.63) is 33.3 Å². The van der Waals surface area contributed by atoms with E-state index in [4.69, 9.17) is 22.1 Å². The molecule has 5 nitrogen and oxygen atoms in total. The summed E-state index contributed by atoms with van der Waals surface area (Å²) in [5, 5.41) is 10.8. The van der Waals surface area contributed by atoms with Gasteiger partial charge >= 0.3 is 0 Å². The molecule has 0 saturated heterocycles. The van der Waals surface area contributed by atoms with E-state index in [1.807, 2.05) is 0 Å². The number of ether oxygens (including phenoxy) is 1. The number of benzene rings is 1. The molecule has 82 valence electrons. The van der Waals surface area contributed by atoms with Crippen molar-refractivity contribution in [2.75, 3.05) is 13.2 Å². The maximum Gasteiger partial charge on any atom is 0.273 e. The Kier molecular flexibility index (Phi) is 4.33. The van der Waals surface area contributed by atoms with E-state index in [-0.39, 0.29) is 5.69 Å². The Bertz CT molecular complexity index is 357. The summed E-state index contributed by atoms with van der Waals surface area (Å²) in [5.41, 5.74) is 5.25. The van der Waals surface area contributed by atoms with Crippen LogP contribution in [0.15, 0.2) is 18.2 Å². The zero-order valence-electron chi connectivity index (χ0n) is 7.98. The van der Waals surface area contributed by atoms with Crippen molar-refractivity contribution < 1.29 is 9.66 Å². The second-order valence-electron chi connectivity index (χ2n) is 2.86. The Balaban J connectivity index is 2.76. The molecule has 1 aromatic carbocycles. The number of non-ortho nitro benzene ring substituents is 1. The fourth-order valence-electron chi connectivity index (χ4n) is 0.982. The van der Waals surface area contributed by atoms with Crippen LogP contribution in [0.3, 0.4) is 0 Å². The third-order valence-corrected chi connectivity index (χ3v) is 2.04. The van der Waals surface area contributed by atoms with Gasteiger partial charge in [0.25, 0.3) is 5.69 Å². The molecule has 0 aliphatic carbocycles. The monoisotopic (exact) mass is 230 g/mol. The lowest BCUT2D eigenvalue weighted by Gasteiger charge is -2.06. The second kappa shape index (κ2) is 5.53. The fourth-order valence-corrected chi connectivity index (χ4v) is 1.15. The van der Waals surface area contributed by atoms with Gasteiger partial charge in [0.15, 0.2) is 0 Å². The smallest absolute Gasteiger partial charge is 0.273 e. The van der Waals surface area contributed by atoms with E-state index in [9.17, 15) is 10.1 Å². The van der Waals surface area contributed by atoms with Crippen molar-refractivity contribution in [3.8, 4) is 5.75 Å². The summed E-state index contributed by atoms with van der Waals surface area (Å²) in [4.78, 5) is 9.99. The fraction of sp³-hybridized carbons (Fsp3) is 0.333. The van der Waals surface area contributed by atoms with E-state index in [1.54, 1.807) is 0 Å². The first kappa shape index (κ1) is 11.7. The van der Waals surface area contributed by atoms with Gasteiger partial charge in [-0.25, -0.2) is 0 Å². The highest BCUT2D eigenvalue weighted by Crippen LogP contribution is 2.28. The standard InChI is InChI=1S/C9H11ClN2O3/c10-8-3-2-7(12(13)14)6-9(8)15-5-1-4-11/h2-3,6H,1,4-5,11H2. The molecule has 15 heavy (non-hydrogen) atoms. The molecular formula is C9H11ClN2O3. The summed E-state index contributed by atoms with van der Waals surface area (Å²) < 4.78 is 5.25. The van der Waals surface area contributed by atoms with Crippen molar-refractivity contribution in [2.45, 2.75) is 6.42 Å². The molecular weight excluding hydrogens is 220 g/mol. The largest absolute Gasteiger partial charge is 0.492 e. The molecule has 0 saturated carbocycles. The Hall–Kier alpha value is -1.33. The zero-order valence-corrected chi connectivity index (χ0v) is 8.74. The third kappa shape index (κ3) is 3.38. The predicted octanol–water partition coefficient (Wildman–Crippen LogP) is 1.98. The normalized spacial score (nSPS) is 10.0. The van der Waals surface area contributed by atoms with Gasteiger partial charge in [0.2, 0.25) is 0 Å². The average molecular weight is 231 g/mol. The van der Waals surface area contributed by atoms with Crippen molar-refractivity contribution in [1.82, 2.24) is 0 Å². The van der Waals surface area contributed by atoms with Crippen molar-refractivity contribution in [3.63, 3.8) is 0 Å². The van der Waals surface area contributed by atoms with Crippen molar-refractivity contribution in [2.24, 2.45) is 5.73 Å². The molecule has 0 heterocycles. The van der Waals surface area contributed by atoms with Gasteiger partial charge in [-0.2, -0.15) is 0 Å². The van der Waals surface area contributed by atoms with Gasteiger partial charge in [-0.05, 0) is 19.0 Å². The van der Waals surface area contributed by atoms with E-state index in [0.29, 0.717) is 30.3 Å². The minimum Gasteiger partial charge on any atom is -0.492 e. The summed E-state index contributed by atoms with van der Waals surface area (Å²) in [6.07, 6.45) is 0.680. The van der Waals surface area contributed by atoms with Gasteiger partial charge in [0.1, 0.15) is 5.75 Å². The highest BCUT2D eigenvalue weighted by Gasteiger charge is 2.10. The molecule has 0 atom stereocenters. The SMILES string of the molecule is NCCCOc1cc([N+](=O)[O-])ccc1Cl. The van der Waals surface area contributed by atoms with E-state index in [1.165, 1.54) is 18.2 Å². The van der Waals surface area contributed by atoms with Crippen LogP contribution < -0.4 is 10.5 Å². The molecule has 2 N–H and O–H groups in total. The topological polar surface area (TPSA) is 78.4 Å². The Morgan fingerprint density at radius 1 is 1.53 bits per heavy atom. The van der Waals surface area contributed by atoms with Gasteiger partial charge in [-0.15, -0.1) is 0 Å². The molecule has 0 aliphatic rings. The van der Waals surface area contributed by atoms with Crippen LogP contribution in [0.25, 0.3) is 0 Å². The highest BCUT2D eigenvalue weighted by atomic mass is 35.5. The number of nitrogens with two attached hydrogens (primary N) is 1. The number of nitrogens with zero attached hydrogens (tertiary/aromatic N) is 1. The van der Waals surface area contributed by atoms with Crippen LogP contribution in [0.5, 0.6) is 5.75 Å². The molecule has 0 bridgehead atoms. The highest BCUT2D eigenvalue weighted by molar-refractivity contribution is 6.32. The Morgan fingerprint density at radius 2 is 2.27 bits per heavy atom.